The van der Waals surface area contributed by atoms with Crippen LogP contribution in [0.1, 0.15) is 5.89 Å². The first-order valence-electron chi connectivity index (χ1n) is 4.50. The van der Waals surface area contributed by atoms with Crippen molar-refractivity contribution in [3.8, 4) is 17.2 Å². The first kappa shape index (κ1) is 9.67. The minimum atomic E-state index is 0.253. The summed E-state index contributed by atoms with van der Waals surface area (Å²) in [6, 6.07) is 7.38. The predicted octanol–water partition coefficient (Wildman–Crippen LogP) is 1.20. The lowest BCUT2D eigenvalue weighted by molar-refractivity contribution is 0.415. The van der Waals surface area contributed by atoms with Crippen molar-refractivity contribution in [1.29, 1.82) is 0 Å². The van der Waals surface area contributed by atoms with Gasteiger partial charge in [-0.1, -0.05) is 0 Å². The molecule has 0 saturated heterocycles. The summed E-state index contributed by atoms with van der Waals surface area (Å²) in [6.45, 7) is 0.253. The molecule has 0 bridgehead atoms. The number of rotatable bonds is 3. The lowest BCUT2D eigenvalue weighted by Gasteiger charge is -1.98. The third kappa shape index (κ3) is 1.97. The Kier molecular flexibility index (Phi) is 2.64. The van der Waals surface area contributed by atoms with E-state index in [9.17, 15) is 0 Å². The quantitative estimate of drug-likeness (QED) is 0.815. The highest BCUT2D eigenvalue weighted by atomic mass is 16.5. The molecule has 0 unspecified atom stereocenters. The monoisotopic (exact) mass is 205 g/mol. The van der Waals surface area contributed by atoms with E-state index in [-0.39, 0.29) is 6.54 Å². The Morgan fingerprint density at radius 1 is 1.27 bits per heavy atom. The maximum atomic E-state index is 5.37. The lowest BCUT2D eigenvalue weighted by atomic mass is 10.2. The van der Waals surface area contributed by atoms with Crippen LogP contribution in [0.2, 0.25) is 0 Å². The maximum Gasteiger partial charge on any atom is 0.247 e. The highest BCUT2D eigenvalue weighted by molar-refractivity contribution is 5.53. The smallest absolute Gasteiger partial charge is 0.247 e. The zero-order valence-electron chi connectivity index (χ0n) is 8.30. The second kappa shape index (κ2) is 4.10. The molecule has 2 N–H and O–H groups in total. The average molecular weight is 205 g/mol. The molecule has 0 fully saturated rings. The summed E-state index contributed by atoms with van der Waals surface area (Å²) in [5, 5.41) is 7.66. The van der Waals surface area contributed by atoms with Crippen LogP contribution < -0.4 is 10.5 Å². The van der Waals surface area contributed by atoms with Gasteiger partial charge in [-0.2, -0.15) is 0 Å². The van der Waals surface area contributed by atoms with Gasteiger partial charge in [-0.25, -0.2) is 0 Å². The van der Waals surface area contributed by atoms with Crippen molar-refractivity contribution < 1.29 is 9.15 Å². The van der Waals surface area contributed by atoms with Crippen LogP contribution in [0.25, 0.3) is 11.5 Å². The van der Waals surface area contributed by atoms with Gasteiger partial charge in [0.1, 0.15) is 5.75 Å². The molecule has 2 aromatic rings. The summed E-state index contributed by atoms with van der Waals surface area (Å²) in [5.41, 5.74) is 6.22. The van der Waals surface area contributed by atoms with E-state index >= 15 is 0 Å². The van der Waals surface area contributed by atoms with Gasteiger partial charge in [0.25, 0.3) is 0 Å². The van der Waals surface area contributed by atoms with E-state index in [1.165, 1.54) is 0 Å². The highest BCUT2D eigenvalue weighted by Crippen LogP contribution is 2.20. The van der Waals surface area contributed by atoms with Crippen LogP contribution in [0.5, 0.6) is 5.75 Å². The van der Waals surface area contributed by atoms with Gasteiger partial charge in [0.15, 0.2) is 0 Å². The summed E-state index contributed by atoms with van der Waals surface area (Å²) in [6.07, 6.45) is 0. The van der Waals surface area contributed by atoms with E-state index in [0.29, 0.717) is 11.8 Å². The average Bonchev–Trinajstić information content (AvgIpc) is 2.78. The Labute approximate surface area is 86.9 Å². The molecular weight excluding hydrogens is 194 g/mol. The molecule has 5 heteroatoms. The minimum absolute atomic E-state index is 0.253. The first-order chi connectivity index (χ1) is 7.33. The Morgan fingerprint density at radius 2 is 2.00 bits per heavy atom. The first-order valence-corrected chi connectivity index (χ1v) is 4.50. The van der Waals surface area contributed by atoms with Crippen LogP contribution in [0.4, 0.5) is 0 Å². The number of ether oxygens (including phenoxy) is 1. The lowest BCUT2D eigenvalue weighted by Crippen LogP contribution is -1.95. The number of nitrogens with zero attached hydrogens (tertiary/aromatic N) is 2. The van der Waals surface area contributed by atoms with E-state index < -0.39 is 0 Å². The summed E-state index contributed by atoms with van der Waals surface area (Å²) >= 11 is 0. The van der Waals surface area contributed by atoms with E-state index in [4.69, 9.17) is 14.9 Å². The summed E-state index contributed by atoms with van der Waals surface area (Å²) in [4.78, 5) is 0. The molecule has 1 aromatic heterocycles. The van der Waals surface area contributed by atoms with Gasteiger partial charge in [0, 0.05) is 5.56 Å². The molecule has 0 radical (unpaired) electrons. The Balaban J connectivity index is 2.28. The number of hydrogen-bond donors (Lipinski definition) is 1. The maximum absolute atomic E-state index is 5.37. The molecule has 0 aliphatic heterocycles. The molecule has 0 atom stereocenters. The van der Waals surface area contributed by atoms with Crippen molar-refractivity contribution in [2.45, 2.75) is 6.54 Å². The van der Waals surface area contributed by atoms with E-state index in [1.807, 2.05) is 24.3 Å². The van der Waals surface area contributed by atoms with Gasteiger partial charge in [-0.15, -0.1) is 10.2 Å². The van der Waals surface area contributed by atoms with Gasteiger partial charge in [-0.3, -0.25) is 0 Å². The van der Waals surface area contributed by atoms with E-state index in [0.717, 1.165) is 11.3 Å². The summed E-state index contributed by atoms with van der Waals surface area (Å²) in [7, 11) is 1.62. The zero-order valence-corrected chi connectivity index (χ0v) is 8.30. The van der Waals surface area contributed by atoms with Crippen LogP contribution in [0.15, 0.2) is 28.7 Å². The molecular formula is C10H11N3O2. The Hall–Kier alpha value is -1.88. The minimum Gasteiger partial charge on any atom is -0.497 e. The molecule has 1 aromatic carbocycles. The molecule has 0 aliphatic rings. The number of nitrogens with two attached hydrogens (primary N) is 1. The van der Waals surface area contributed by atoms with Crippen LogP contribution in [0, 0.1) is 0 Å². The molecule has 1 heterocycles. The zero-order chi connectivity index (χ0) is 10.7. The van der Waals surface area contributed by atoms with Gasteiger partial charge < -0.3 is 14.9 Å². The number of benzene rings is 1. The van der Waals surface area contributed by atoms with Crippen molar-refractivity contribution in [3.63, 3.8) is 0 Å². The summed E-state index contributed by atoms with van der Waals surface area (Å²) < 4.78 is 10.3. The number of methoxy groups -OCH3 is 1. The fraction of sp³-hybridized carbons (Fsp3) is 0.200. The summed E-state index contributed by atoms with van der Waals surface area (Å²) in [5.74, 6) is 1.69. The van der Waals surface area contributed by atoms with Crippen molar-refractivity contribution >= 4 is 0 Å². The molecule has 0 amide bonds. The number of hydrogen-bond acceptors (Lipinski definition) is 5. The molecule has 5 nitrogen and oxygen atoms in total. The topological polar surface area (TPSA) is 74.2 Å². The van der Waals surface area contributed by atoms with Crippen LogP contribution in [-0.2, 0) is 6.54 Å². The van der Waals surface area contributed by atoms with Crippen LogP contribution in [0.3, 0.4) is 0 Å². The van der Waals surface area contributed by atoms with Crippen molar-refractivity contribution in [3.05, 3.63) is 30.2 Å². The SMILES string of the molecule is COc1ccc(-c2nnc(CN)o2)cc1. The van der Waals surface area contributed by atoms with Crippen LogP contribution >= 0.6 is 0 Å². The molecule has 15 heavy (non-hydrogen) atoms. The molecule has 78 valence electrons. The van der Waals surface area contributed by atoms with Gasteiger partial charge in [-0.05, 0) is 24.3 Å². The van der Waals surface area contributed by atoms with Crippen LogP contribution in [-0.4, -0.2) is 17.3 Å². The van der Waals surface area contributed by atoms with Gasteiger partial charge >= 0.3 is 0 Å². The van der Waals surface area contributed by atoms with Gasteiger partial charge in [0.2, 0.25) is 11.8 Å². The Morgan fingerprint density at radius 3 is 2.53 bits per heavy atom. The van der Waals surface area contributed by atoms with Crippen molar-refractivity contribution in [2.24, 2.45) is 5.73 Å². The third-order valence-electron chi connectivity index (χ3n) is 1.98. The Bertz CT molecular complexity index is 436. The number of aromatic nitrogens is 2. The largest absolute Gasteiger partial charge is 0.497 e. The molecule has 0 spiro atoms. The van der Waals surface area contributed by atoms with E-state index in [1.54, 1.807) is 7.11 Å². The predicted molar refractivity (Wildman–Crippen MR) is 54.2 cm³/mol. The van der Waals surface area contributed by atoms with Gasteiger partial charge in [0.05, 0.1) is 13.7 Å². The standard InChI is InChI=1S/C10H11N3O2/c1-14-8-4-2-7(3-5-8)10-13-12-9(6-11)15-10/h2-5H,6,11H2,1H3. The van der Waals surface area contributed by atoms with E-state index in [2.05, 4.69) is 10.2 Å². The van der Waals surface area contributed by atoms with Crippen molar-refractivity contribution in [2.75, 3.05) is 7.11 Å². The fourth-order valence-corrected chi connectivity index (χ4v) is 1.19. The molecule has 0 saturated carbocycles. The fourth-order valence-electron chi connectivity index (χ4n) is 1.19. The molecule has 0 aliphatic carbocycles. The third-order valence-corrected chi connectivity index (χ3v) is 1.98. The second-order valence-electron chi connectivity index (χ2n) is 2.93. The normalized spacial score (nSPS) is 10.3. The second-order valence-corrected chi connectivity index (χ2v) is 2.93. The molecule has 2 rings (SSSR count). The van der Waals surface area contributed by atoms with Crippen molar-refractivity contribution in [1.82, 2.24) is 10.2 Å². The highest BCUT2D eigenvalue weighted by Gasteiger charge is 2.06.